The molecule has 5 nitrogen and oxygen atoms in total. The Morgan fingerprint density at radius 1 is 1.22 bits per heavy atom. The van der Waals surface area contributed by atoms with E-state index in [0.717, 1.165) is 43.4 Å². The molecule has 1 saturated carbocycles. The lowest BCUT2D eigenvalue weighted by Gasteiger charge is -2.34. The van der Waals surface area contributed by atoms with E-state index in [1.165, 1.54) is 4.90 Å². The lowest BCUT2D eigenvalue weighted by Crippen LogP contribution is -2.47. The average molecular weight is 319 g/mol. The normalized spacial score (nSPS) is 16.1. The van der Waals surface area contributed by atoms with E-state index in [-0.39, 0.29) is 12.5 Å². The van der Waals surface area contributed by atoms with E-state index < -0.39 is 11.4 Å². The molecule has 0 radical (unpaired) electrons. The molecule has 1 amide bonds. The van der Waals surface area contributed by atoms with Gasteiger partial charge in [-0.3, -0.25) is 9.59 Å². The van der Waals surface area contributed by atoms with Gasteiger partial charge in [0.15, 0.2) is 0 Å². The van der Waals surface area contributed by atoms with Crippen LogP contribution in [0.4, 0.5) is 0 Å². The Balaban J connectivity index is 2.34. The Hall–Kier alpha value is -2.04. The van der Waals surface area contributed by atoms with Crippen molar-refractivity contribution in [3.8, 4) is 5.75 Å². The Morgan fingerprint density at radius 3 is 2.30 bits per heavy atom. The van der Waals surface area contributed by atoms with E-state index in [1.54, 1.807) is 7.11 Å². The zero-order valence-corrected chi connectivity index (χ0v) is 13.9. The molecule has 0 bridgehead atoms. The first kappa shape index (κ1) is 17.3. The quantitative estimate of drug-likeness (QED) is 0.839. The highest BCUT2D eigenvalue weighted by atomic mass is 16.5. The minimum Gasteiger partial charge on any atom is -0.497 e. The summed E-state index contributed by atoms with van der Waals surface area (Å²) in [4.78, 5) is 25.8. The van der Waals surface area contributed by atoms with Crippen LogP contribution in [0, 0.1) is 0 Å². The fourth-order valence-corrected chi connectivity index (χ4v) is 3.50. The van der Waals surface area contributed by atoms with Crippen molar-refractivity contribution in [2.75, 3.05) is 20.2 Å². The van der Waals surface area contributed by atoms with Crippen molar-refractivity contribution in [2.24, 2.45) is 0 Å². The predicted molar refractivity (Wildman–Crippen MR) is 87.6 cm³/mol. The van der Waals surface area contributed by atoms with E-state index in [9.17, 15) is 9.59 Å². The number of hydrogen-bond acceptors (Lipinski definition) is 3. The fourth-order valence-electron chi connectivity index (χ4n) is 3.50. The van der Waals surface area contributed by atoms with Gasteiger partial charge in [0, 0.05) is 6.54 Å². The zero-order valence-electron chi connectivity index (χ0n) is 13.9. The van der Waals surface area contributed by atoms with E-state index in [0.29, 0.717) is 6.54 Å². The molecule has 1 aliphatic carbocycles. The van der Waals surface area contributed by atoms with Crippen molar-refractivity contribution in [3.05, 3.63) is 29.8 Å². The Bertz CT molecular complexity index is 547. The summed E-state index contributed by atoms with van der Waals surface area (Å²) in [5.74, 6) is -0.260. The molecule has 0 atom stereocenters. The lowest BCUT2D eigenvalue weighted by atomic mass is 9.77. The maximum Gasteiger partial charge on any atom is 0.323 e. The number of carboxylic acids is 1. The van der Waals surface area contributed by atoms with Crippen LogP contribution in [-0.2, 0) is 15.0 Å². The number of aliphatic carboxylic acids is 1. The second kappa shape index (κ2) is 7.49. The van der Waals surface area contributed by atoms with Gasteiger partial charge in [0.2, 0.25) is 5.91 Å². The van der Waals surface area contributed by atoms with Gasteiger partial charge >= 0.3 is 5.97 Å². The minimum atomic E-state index is -0.963. The molecule has 0 heterocycles. The minimum absolute atomic E-state index is 0.0515. The molecule has 1 aromatic carbocycles. The maximum atomic E-state index is 13.2. The third kappa shape index (κ3) is 3.66. The van der Waals surface area contributed by atoms with Gasteiger partial charge in [-0.2, -0.15) is 0 Å². The van der Waals surface area contributed by atoms with Gasteiger partial charge in [0.05, 0.1) is 12.5 Å². The lowest BCUT2D eigenvalue weighted by molar-refractivity contribution is -0.147. The highest BCUT2D eigenvalue weighted by molar-refractivity contribution is 5.91. The van der Waals surface area contributed by atoms with Crippen molar-refractivity contribution in [1.29, 1.82) is 0 Å². The van der Waals surface area contributed by atoms with Crippen molar-refractivity contribution in [2.45, 2.75) is 44.4 Å². The molecular weight excluding hydrogens is 294 g/mol. The van der Waals surface area contributed by atoms with Gasteiger partial charge in [-0.05, 0) is 37.0 Å². The number of methoxy groups -OCH3 is 1. The summed E-state index contributed by atoms with van der Waals surface area (Å²) in [7, 11) is 1.61. The first-order valence-corrected chi connectivity index (χ1v) is 8.19. The van der Waals surface area contributed by atoms with Crippen LogP contribution in [0.2, 0.25) is 0 Å². The molecule has 126 valence electrons. The summed E-state index contributed by atoms with van der Waals surface area (Å²) in [6.07, 6.45) is 4.28. The molecular formula is C18H25NO4. The number of rotatable bonds is 7. The van der Waals surface area contributed by atoms with Crippen LogP contribution < -0.4 is 4.74 Å². The van der Waals surface area contributed by atoms with E-state index in [4.69, 9.17) is 9.84 Å². The highest BCUT2D eigenvalue weighted by Gasteiger charge is 2.45. The number of nitrogens with zero attached hydrogens (tertiary/aromatic N) is 1. The smallest absolute Gasteiger partial charge is 0.323 e. The van der Waals surface area contributed by atoms with Crippen LogP contribution >= 0.6 is 0 Å². The summed E-state index contributed by atoms with van der Waals surface area (Å²) in [5, 5.41) is 9.11. The molecule has 1 fully saturated rings. The van der Waals surface area contributed by atoms with Crippen LogP contribution in [0.5, 0.6) is 5.75 Å². The predicted octanol–water partition coefficient (Wildman–Crippen LogP) is 2.83. The molecule has 0 spiro atoms. The SMILES string of the molecule is CCCN(CC(=O)O)C(=O)C1(c2ccc(OC)cc2)CCCC1. The summed E-state index contributed by atoms with van der Waals surface area (Å²) < 4.78 is 5.19. The number of carbonyl (C=O) groups excluding carboxylic acids is 1. The highest BCUT2D eigenvalue weighted by Crippen LogP contribution is 2.43. The number of amides is 1. The largest absolute Gasteiger partial charge is 0.497 e. The monoisotopic (exact) mass is 319 g/mol. The first-order valence-electron chi connectivity index (χ1n) is 8.19. The summed E-state index contributed by atoms with van der Waals surface area (Å²) in [6.45, 7) is 2.20. The molecule has 23 heavy (non-hydrogen) atoms. The van der Waals surface area contributed by atoms with Crippen molar-refractivity contribution < 1.29 is 19.4 Å². The van der Waals surface area contributed by atoms with Gasteiger partial charge in [0.1, 0.15) is 12.3 Å². The fraction of sp³-hybridized carbons (Fsp3) is 0.556. The number of ether oxygens (including phenoxy) is 1. The van der Waals surface area contributed by atoms with Gasteiger partial charge in [-0.15, -0.1) is 0 Å². The molecule has 0 saturated heterocycles. The van der Waals surface area contributed by atoms with Gasteiger partial charge in [-0.1, -0.05) is 31.9 Å². The van der Waals surface area contributed by atoms with Crippen molar-refractivity contribution in [3.63, 3.8) is 0 Å². The van der Waals surface area contributed by atoms with Crippen molar-refractivity contribution in [1.82, 2.24) is 4.90 Å². The van der Waals surface area contributed by atoms with E-state index in [1.807, 2.05) is 31.2 Å². The van der Waals surface area contributed by atoms with E-state index in [2.05, 4.69) is 0 Å². The molecule has 0 aromatic heterocycles. The average Bonchev–Trinajstić information content (AvgIpc) is 3.04. The second-order valence-electron chi connectivity index (χ2n) is 6.14. The van der Waals surface area contributed by atoms with Crippen LogP contribution in [-0.4, -0.2) is 42.1 Å². The topological polar surface area (TPSA) is 66.8 Å². The van der Waals surface area contributed by atoms with Crippen molar-refractivity contribution >= 4 is 11.9 Å². The molecule has 0 aliphatic heterocycles. The molecule has 0 unspecified atom stereocenters. The van der Waals surface area contributed by atoms with Crippen LogP contribution in [0.15, 0.2) is 24.3 Å². The van der Waals surface area contributed by atoms with E-state index >= 15 is 0 Å². The Morgan fingerprint density at radius 2 is 1.83 bits per heavy atom. The number of benzene rings is 1. The van der Waals surface area contributed by atoms with Gasteiger partial charge < -0.3 is 14.7 Å². The molecule has 1 aromatic rings. The Labute approximate surface area is 137 Å². The number of carbonyl (C=O) groups is 2. The Kier molecular flexibility index (Phi) is 5.64. The zero-order chi connectivity index (χ0) is 16.9. The summed E-state index contributed by atoms with van der Waals surface area (Å²) in [6, 6.07) is 7.61. The molecule has 1 N–H and O–H groups in total. The number of carboxylic acid groups (broad SMARTS) is 1. The third-order valence-corrected chi connectivity index (χ3v) is 4.62. The molecule has 1 aliphatic rings. The van der Waals surface area contributed by atoms with Crippen LogP contribution in [0.1, 0.15) is 44.6 Å². The summed E-state index contributed by atoms with van der Waals surface area (Å²) in [5.41, 5.74) is 0.379. The van der Waals surface area contributed by atoms with Crippen LogP contribution in [0.25, 0.3) is 0 Å². The molecule has 5 heteroatoms. The number of hydrogen-bond donors (Lipinski definition) is 1. The second-order valence-corrected chi connectivity index (χ2v) is 6.14. The van der Waals surface area contributed by atoms with Gasteiger partial charge in [-0.25, -0.2) is 0 Å². The first-order chi connectivity index (χ1) is 11.0. The molecule has 2 rings (SSSR count). The standard InChI is InChI=1S/C18H25NO4/c1-3-12-19(13-16(20)21)17(22)18(10-4-5-11-18)14-6-8-15(23-2)9-7-14/h6-9H,3-5,10-13H2,1-2H3,(H,20,21). The van der Waals surface area contributed by atoms with Gasteiger partial charge in [0.25, 0.3) is 0 Å². The summed E-state index contributed by atoms with van der Waals surface area (Å²) >= 11 is 0. The maximum absolute atomic E-state index is 13.2. The van der Waals surface area contributed by atoms with Crippen LogP contribution in [0.3, 0.4) is 0 Å². The third-order valence-electron chi connectivity index (χ3n) is 4.62.